The zero-order chi connectivity index (χ0) is 13.1. The fourth-order valence-corrected chi connectivity index (χ4v) is 2.07. The van der Waals surface area contributed by atoms with E-state index in [1.165, 1.54) is 0 Å². The first-order valence-electron chi connectivity index (χ1n) is 6.24. The van der Waals surface area contributed by atoms with Crippen LogP contribution in [0.2, 0.25) is 0 Å². The number of pyridine rings is 1. The van der Waals surface area contributed by atoms with Crippen molar-refractivity contribution in [1.82, 2.24) is 4.98 Å². The Hall–Kier alpha value is -1.62. The molecular weight excluding hydrogens is 230 g/mol. The van der Waals surface area contributed by atoms with Gasteiger partial charge in [-0.1, -0.05) is 0 Å². The quantitative estimate of drug-likeness (QED) is 0.815. The topological polar surface area (TPSA) is 68.5 Å². The molecule has 18 heavy (non-hydrogen) atoms. The number of carbonyl (C=O) groups excluding carboxylic acids is 1. The first kappa shape index (κ1) is 12.8. The lowest BCUT2D eigenvalue weighted by molar-refractivity contribution is 0.0378. The molecule has 5 heteroatoms. The van der Waals surface area contributed by atoms with Gasteiger partial charge in [-0.2, -0.15) is 0 Å². The lowest BCUT2D eigenvalue weighted by atomic mass is 10.2. The van der Waals surface area contributed by atoms with Crippen molar-refractivity contribution in [2.75, 3.05) is 18.0 Å². The molecule has 1 unspecified atom stereocenters. The lowest BCUT2D eigenvalue weighted by Gasteiger charge is -2.19. The Morgan fingerprint density at radius 1 is 1.61 bits per heavy atom. The van der Waals surface area contributed by atoms with E-state index in [9.17, 15) is 4.79 Å². The summed E-state index contributed by atoms with van der Waals surface area (Å²) >= 11 is 0. The summed E-state index contributed by atoms with van der Waals surface area (Å²) in [7, 11) is 0. The summed E-state index contributed by atoms with van der Waals surface area (Å²) in [6.45, 7) is 5.23. The average molecular weight is 249 g/mol. The van der Waals surface area contributed by atoms with Crippen LogP contribution >= 0.6 is 0 Å². The van der Waals surface area contributed by atoms with Crippen LogP contribution < -0.4 is 10.6 Å². The summed E-state index contributed by atoms with van der Waals surface area (Å²) < 4.78 is 5.23. The van der Waals surface area contributed by atoms with Crippen molar-refractivity contribution in [3.8, 4) is 0 Å². The molecule has 1 aromatic rings. The summed E-state index contributed by atoms with van der Waals surface area (Å²) in [6, 6.07) is 3.65. The van der Waals surface area contributed by atoms with Crippen LogP contribution in [0.15, 0.2) is 18.3 Å². The van der Waals surface area contributed by atoms with E-state index in [0.717, 1.165) is 19.5 Å². The zero-order valence-corrected chi connectivity index (χ0v) is 10.8. The molecule has 0 radical (unpaired) electrons. The summed E-state index contributed by atoms with van der Waals surface area (Å²) in [5.74, 6) is 0.352. The normalized spacial score (nSPS) is 19.3. The number of hydrogen-bond donors (Lipinski definition) is 1. The molecule has 1 saturated heterocycles. The number of rotatable bonds is 3. The van der Waals surface area contributed by atoms with E-state index in [-0.39, 0.29) is 18.1 Å². The molecule has 0 spiro atoms. The van der Waals surface area contributed by atoms with Crippen molar-refractivity contribution in [3.63, 3.8) is 0 Å². The molecule has 2 rings (SSSR count). The number of nitrogens with two attached hydrogens (primary N) is 1. The molecule has 1 fully saturated rings. The Bertz CT molecular complexity index is 434. The molecular formula is C13H19N3O2. The van der Waals surface area contributed by atoms with Crippen molar-refractivity contribution in [1.29, 1.82) is 0 Å². The number of nitrogens with zero attached hydrogens (tertiary/aromatic N) is 2. The van der Waals surface area contributed by atoms with Gasteiger partial charge < -0.3 is 15.4 Å². The van der Waals surface area contributed by atoms with Crippen LogP contribution in [-0.2, 0) is 4.74 Å². The van der Waals surface area contributed by atoms with E-state index in [1.54, 1.807) is 18.3 Å². The molecule has 0 aromatic carbocycles. The molecule has 1 aromatic heterocycles. The SMILES string of the molecule is CC(C)OC(=O)c1cccnc1N1CCC(N)C1. The highest BCUT2D eigenvalue weighted by molar-refractivity contribution is 5.94. The van der Waals surface area contributed by atoms with Crippen molar-refractivity contribution in [2.45, 2.75) is 32.4 Å². The lowest BCUT2D eigenvalue weighted by Crippen LogP contribution is -2.28. The van der Waals surface area contributed by atoms with E-state index in [2.05, 4.69) is 4.98 Å². The van der Waals surface area contributed by atoms with Gasteiger partial charge in [0.05, 0.1) is 6.10 Å². The van der Waals surface area contributed by atoms with Crippen LogP contribution in [0.3, 0.4) is 0 Å². The van der Waals surface area contributed by atoms with Gasteiger partial charge >= 0.3 is 5.97 Å². The first-order valence-corrected chi connectivity index (χ1v) is 6.24. The average Bonchev–Trinajstić information content (AvgIpc) is 2.75. The van der Waals surface area contributed by atoms with E-state index in [1.807, 2.05) is 18.7 Å². The van der Waals surface area contributed by atoms with Crippen LogP contribution in [0, 0.1) is 0 Å². The predicted octanol–water partition coefficient (Wildman–Crippen LogP) is 1.18. The molecule has 5 nitrogen and oxygen atoms in total. The number of aromatic nitrogens is 1. The Balaban J connectivity index is 2.22. The number of ether oxygens (including phenoxy) is 1. The van der Waals surface area contributed by atoms with Gasteiger partial charge in [-0.3, -0.25) is 0 Å². The third-order valence-corrected chi connectivity index (χ3v) is 2.87. The van der Waals surface area contributed by atoms with Crippen molar-refractivity contribution in [3.05, 3.63) is 23.9 Å². The third-order valence-electron chi connectivity index (χ3n) is 2.87. The minimum Gasteiger partial charge on any atom is -0.459 e. The maximum Gasteiger partial charge on any atom is 0.342 e. The molecule has 1 aliphatic rings. The fraction of sp³-hybridized carbons (Fsp3) is 0.538. The van der Waals surface area contributed by atoms with Crippen LogP contribution in [0.25, 0.3) is 0 Å². The van der Waals surface area contributed by atoms with Gasteiger partial charge in [0.15, 0.2) is 0 Å². The number of carbonyl (C=O) groups is 1. The van der Waals surface area contributed by atoms with Crippen LogP contribution in [-0.4, -0.2) is 36.2 Å². The molecule has 0 saturated carbocycles. The molecule has 98 valence electrons. The third kappa shape index (κ3) is 2.79. The molecule has 2 heterocycles. The number of esters is 1. The fourth-order valence-electron chi connectivity index (χ4n) is 2.07. The second kappa shape index (κ2) is 5.35. The molecule has 1 atom stereocenters. The Labute approximate surface area is 107 Å². The van der Waals surface area contributed by atoms with Crippen LogP contribution in [0.4, 0.5) is 5.82 Å². The van der Waals surface area contributed by atoms with Crippen LogP contribution in [0.1, 0.15) is 30.6 Å². The standard InChI is InChI=1S/C13H19N3O2/c1-9(2)18-13(17)11-4-3-6-15-12(11)16-7-5-10(14)8-16/h3-4,6,9-10H,5,7-8,14H2,1-2H3. The highest BCUT2D eigenvalue weighted by Gasteiger charge is 2.25. The Morgan fingerprint density at radius 3 is 3.00 bits per heavy atom. The van der Waals surface area contributed by atoms with E-state index in [4.69, 9.17) is 10.5 Å². The largest absolute Gasteiger partial charge is 0.459 e. The Kier molecular flexibility index (Phi) is 3.81. The highest BCUT2D eigenvalue weighted by Crippen LogP contribution is 2.22. The summed E-state index contributed by atoms with van der Waals surface area (Å²) in [5, 5.41) is 0. The van der Waals surface area contributed by atoms with Gasteiger partial charge in [0.1, 0.15) is 11.4 Å². The van der Waals surface area contributed by atoms with Crippen molar-refractivity contribution in [2.24, 2.45) is 5.73 Å². The van der Waals surface area contributed by atoms with Gasteiger partial charge in [0.25, 0.3) is 0 Å². The summed E-state index contributed by atoms with van der Waals surface area (Å²) in [4.78, 5) is 18.3. The van der Waals surface area contributed by atoms with Gasteiger partial charge in [0, 0.05) is 25.3 Å². The first-order chi connectivity index (χ1) is 8.58. The second-order valence-corrected chi connectivity index (χ2v) is 4.82. The second-order valence-electron chi connectivity index (χ2n) is 4.82. The summed E-state index contributed by atoms with van der Waals surface area (Å²) in [5.41, 5.74) is 6.40. The summed E-state index contributed by atoms with van der Waals surface area (Å²) in [6.07, 6.45) is 2.48. The number of anilines is 1. The molecule has 0 amide bonds. The monoisotopic (exact) mass is 249 g/mol. The predicted molar refractivity (Wildman–Crippen MR) is 69.6 cm³/mol. The highest BCUT2D eigenvalue weighted by atomic mass is 16.5. The van der Waals surface area contributed by atoms with Crippen molar-refractivity contribution < 1.29 is 9.53 Å². The van der Waals surface area contributed by atoms with Crippen LogP contribution in [0.5, 0.6) is 0 Å². The van der Waals surface area contributed by atoms with Gasteiger partial charge in [-0.15, -0.1) is 0 Å². The van der Waals surface area contributed by atoms with Gasteiger partial charge in [0.2, 0.25) is 0 Å². The maximum absolute atomic E-state index is 12.0. The zero-order valence-electron chi connectivity index (χ0n) is 10.8. The molecule has 1 aliphatic heterocycles. The van der Waals surface area contributed by atoms with E-state index >= 15 is 0 Å². The van der Waals surface area contributed by atoms with E-state index < -0.39 is 0 Å². The maximum atomic E-state index is 12.0. The molecule has 0 bridgehead atoms. The van der Waals surface area contributed by atoms with Gasteiger partial charge in [-0.05, 0) is 32.4 Å². The van der Waals surface area contributed by atoms with Crippen molar-refractivity contribution >= 4 is 11.8 Å². The number of hydrogen-bond acceptors (Lipinski definition) is 5. The minimum absolute atomic E-state index is 0.133. The molecule has 2 N–H and O–H groups in total. The smallest absolute Gasteiger partial charge is 0.342 e. The van der Waals surface area contributed by atoms with Gasteiger partial charge in [-0.25, -0.2) is 9.78 Å². The molecule has 0 aliphatic carbocycles. The van der Waals surface area contributed by atoms with E-state index in [0.29, 0.717) is 11.4 Å². The minimum atomic E-state index is -0.325. The Morgan fingerprint density at radius 2 is 2.39 bits per heavy atom.